The smallest absolute Gasteiger partial charge is 0.298 e. The summed E-state index contributed by atoms with van der Waals surface area (Å²) in [7, 11) is 0. The van der Waals surface area contributed by atoms with E-state index in [0.717, 1.165) is 38.5 Å². The van der Waals surface area contributed by atoms with Crippen molar-refractivity contribution in [3.05, 3.63) is 227 Å². The monoisotopic (exact) mass is 903 g/mol. The van der Waals surface area contributed by atoms with E-state index >= 15 is 8.78 Å². The average molecular weight is 904 g/mol. The van der Waals surface area contributed by atoms with Crippen molar-refractivity contribution in [2.75, 3.05) is 16.5 Å². The predicted molar refractivity (Wildman–Crippen MR) is 279 cm³/mol. The van der Waals surface area contributed by atoms with Gasteiger partial charge in [0.15, 0.2) is 0 Å². The van der Waals surface area contributed by atoms with Crippen molar-refractivity contribution < 1.29 is 26.6 Å². The molecule has 11 rings (SSSR count). The second kappa shape index (κ2) is 16.5. The number of hydrogen-bond acceptors (Lipinski definition) is 3. The van der Waals surface area contributed by atoms with Crippen molar-refractivity contribution in [3.8, 4) is 39.2 Å². The number of alkyl halides is 2. The third kappa shape index (κ3) is 7.32. The molecule has 334 valence electrons. The number of halogens is 2. The van der Waals surface area contributed by atoms with E-state index in [1.165, 1.54) is 29.2 Å². The summed E-state index contributed by atoms with van der Waals surface area (Å²) < 4.78 is 155. The number of hydrogen-bond donors (Lipinski definition) is 0. The molecule has 0 N–H and O–H groups in total. The lowest BCUT2D eigenvalue weighted by Crippen LogP contribution is -2.25. The molecule has 0 saturated carbocycles. The number of aryl methyl sites for hydroxylation is 3. The number of para-hydroxylation sites is 4. The first-order valence-corrected chi connectivity index (χ1v) is 22.3. The molecule has 10 aromatic rings. The summed E-state index contributed by atoms with van der Waals surface area (Å²) in [6.07, 6.45) is 1.73. The maximum Gasteiger partial charge on any atom is 0.298 e. The van der Waals surface area contributed by atoms with Gasteiger partial charge in [-0.25, -0.2) is 4.98 Å². The van der Waals surface area contributed by atoms with E-state index in [4.69, 9.17) is 13.2 Å². The van der Waals surface area contributed by atoms with E-state index in [2.05, 4.69) is 20.8 Å². The zero-order chi connectivity index (χ0) is 58.2. The number of pyridine rings is 1. The van der Waals surface area contributed by atoms with Gasteiger partial charge in [0.25, 0.3) is 5.92 Å². The molecule has 0 fully saturated rings. The van der Waals surface area contributed by atoms with Gasteiger partial charge in [-0.3, -0.25) is 4.57 Å². The number of fused-ring (bicyclic) bond motifs is 4. The van der Waals surface area contributed by atoms with Crippen LogP contribution in [0.15, 0.2) is 194 Å². The first-order valence-electron chi connectivity index (χ1n) is 28.8. The highest BCUT2D eigenvalue weighted by Crippen LogP contribution is 2.52. The Morgan fingerprint density at radius 2 is 1.16 bits per heavy atom. The van der Waals surface area contributed by atoms with Crippen LogP contribution >= 0.6 is 0 Å². The van der Waals surface area contributed by atoms with E-state index in [-0.39, 0.29) is 34.6 Å². The summed E-state index contributed by atoms with van der Waals surface area (Å²) in [4.78, 5) is 7.99. The molecule has 6 heteroatoms. The number of benzene rings is 8. The number of rotatable bonds is 8. The molecular formula is C62H52F2N4. The van der Waals surface area contributed by atoms with Crippen LogP contribution < -0.4 is 9.80 Å². The fourth-order valence-electron chi connectivity index (χ4n) is 9.72. The average Bonchev–Trinajstić information content (AvgIpc) is 2.81. The summed E-state index contributed by atoms with van der Waals surface area (Å²) in [6, 6.07) is 21.7. The molecule has 0 bridgehead atoms. The van der Waals surface area contributed by atoms with E-state index in [1.54, 1.807) is 47.5 Å². The third-order valence-electron chi connectivity index (χ3n) is 12.8. The highest BCUT2D eigenvalue weighted by Gasteiger charge is 2.38. The molecule has 0 spiro atoms. The molecule has 68 heavy (non-hydrogen) atoms. The SMILES string of the molecule is [2H]c1c([2H])c([2H])c(-c2c([2H])c([2H])c([2H])c(-c3c([2H])c([2H])c([2H])c([2H])c3[2H])c2N2CN(c3cc(-c4c(C)cc(C)cc4C)cc(C(F)(F)c4ccc5c6ccccc6n(-c6cc(C(C)(C)C)ccn6)c5c4)c3)c3ccccc32)c([2H])c1[2H]. The zero-order valence-electron chi connectivity index (χ0n) is 51.2. The molecule has 4 nitrogen and oxygen atoms in total. The lowest BCUT2D eigenvalue weighted by Gasteiger charge is -2.28. The molecule has 1 aliphatic heterocycles. The molecule has 0 amide bonds. The summed E-state index contributed by atoms with van der Waals surface area (Å²) in [6.45, 7) is 11.7. The van der Waals surface area contributed by atoms with Crippen LogP contribution in [0.1, 0.15) is 72.0 Å². The zero-order valence-corrected chi connectivity index (χ0v) is 38.2. The van der Waals surface area contributed by atoms with Crippen molar-refractivity contribution in [1.82, 2.24) is 9.55 Å². The Morgan fingerprint density at radius 3 is 1.82 bits per heavy atom. The molecule has 0 radical (unpaired) electrons. The van der Waals surface area contributed by atoms with E-state index < -0.39 is 107 Å². The van der Waals surface area contributed by atoms with Crippen LogP contribution in [0, 0.1) is 20.8 Å². The van der Waals surface area contributed by atoms with Crippen molar-refractivity contribution in [3.63, 3.8) is 0 Å². The van der Waals surface area contributed by atoms with Crippen LogP contribution in [0.2, 0.25) is 0 Å². The predicted octanol–water partition coefficient (Wildman–Crippen LogP) is 16.8. The van der Waals surface area contributed by atoms with Crippen LogP contribution in [0.4, 0.5) is 31.5 Å². The minimum absolute atomic E-state index is 0.237. The summed E-state index contributed by atoms with van der Waals surface area (Å²) in [5.41, 5.74) is 3.84. The van der Waals surface area contributed by atoms with Gasteiger partial charge in [-0.2, -0.15) is 8.78 Å². The highest BCUT2D eigenvalue weighted by molar-refractivity contribution is 6.09. The summed E-state index contributed by atoms with van der Waals surface area (Å²) in [5, 5.41) is 1.60. The molecule has 0 saturated heterocycles. The van der Waals surface area contributed by atoms with Gasteiger partial charge in [-0.1, -0.05) is 159 Å². The fraction of sp³-hybridized carbons (Fsp3) is 0.145. The molecule has 1 aliphatic rings. The maximum absolute atomic E-state index is 18.4. The minimum Gasteiger partial charge on any atom is -0.321 e. The van der Waals surface area contributed by atoms with Crippen molar-refractivity contribution in [2.24, 2.45) is 0 Å². The molecule has 0 unspecified atom stereocenters. The molecular weight excluding hydrogens is 839 g/mol. The second-order valence-corrected chi connectivity index (χ2v) is 18.3. The molecule has 8 aromatic carbocycles. The third-order valence-corrected chi connectivity index (χ3v) is 12.8. The van der Waals surface area contributed by atoms with Gasteiger partial charge in [0.05, 0.1) is 45.9 Å². The van der Waals surface area contributed by atoms with Crippen molar-refractivity contribution in [2.45, 2.75) is 52.9 Å². The number of nitrogens with zero attached hydrogens (tertiary/aromatic N) is 4. The topological polar surface area (TPSA) is 24.3 Å². The minimum atomic E-state index is -3.68. The van der Waals surface area contributed by atoms with Crippen molar-refractivity contribution in [1.29, 1.82) is 0 Å². The standard InChI is InChI=1S/C62H52F2N4/c1-40-32-41(2)59(42(3)33-40)45-34-48(62(63,64)47-28-29-53-52-22-13-14-25-54(52)68(57(53)37-47)58-38-46(30-31-65-58)61(4,5)6)36-49(35-45)66-39-67(56-27-16-15-26-55(56)66)60-50(43-18-9-7-10-19-43)23-17-24-51(60)44-20-11-8-12-21-44/h7-38H,39H2,1-6H3/i7D,8D,9D,10D,11D,12D,17D,18D,19D,20D,21D,23D,24D. The Hall–Kier alpha value is -7.83. The van der Waals surface area contributed by atoms with Crippen LogP contribution in [0.25, 0.3) is 61.0 Å². The van der Waals surface area contributed by atoms with Gasteiger partial charge in [0.1, 0.15) is 12.5 Å². The summed E-state index contributed by atoms with van der Waals surface area (Å²) in [5.74, 6) is -3.11. The van der Waals surface area contributed by atoms with E-state index in [1.807, 2.05) is 73.9 Å². The van der Waals surface area contributed by atoms with Gasteiger partial charge in [-0.05, 0) is 120 Å². The highest BCUT2D eigenvalue weighted by atomic mass is 19.3. The summed E-state index contributed by atoms with van der Waals surface area (Å²) >= 11 is 0. The normalized spacial score (nSPS) is 15.6. The lowest BCUT2D eigenvalue weighted by atomic mass is 9.88. The maximum atomic E-state index is 18.4. The second-order valence-electron chi connectivity index (χ2n) is 18.3. The van der Waals surface area contributed by atoms with Crippen LogP contribution in [0.3, 0.4) is 0 Å². The first kappa shape index (κ1) is 30.5. The molecule has 2 aromatic heterocycles. The van der Waals surface area contributed by atoms with Gasteiger partial charge in [-0.15, -0.1) is 0 Å². The van der Waals surface area contributed by atoms with Gasteiger partial charge in [0, 0.05) is 44.9 Å². The Balaban J connectivity index is 1.17. The number of aromatic nitrogens is 2. The van der Waals surface area contributed by atoms with Crippen LogP contribution in [0.5, 0.6) is 0 Å². The van der Waals surface area contributed by atoms with Crippen LogP contribution in [-0.2, 0) is 11.3 Å². The quantitative estimate of drug-likeness (QED) is 0.152. The Bertz CT molecular complexity index is 4160. The molecule has 3 heterocycles. The van der Waals surface area contributed by atoms with Gasteiger partial charge < -0.3 is 9.80 Å². The number of anilines is 4. The van der Waals surface area contributed by atoms with Gasteiger partial charge in [0.2, 0.25) is 0 Å². The van der Waals surface area contributed by atoms with Crippen molar-refractivity contribution >= 4 is 44.6 Å². The lowest BCUT2D eigenvalue weighted by molar-refractivity contribution is 0.0430. The molecule has 0 atom stereocenters. The Labute approximate surface area is 415 Å². The fourth-order valence-corrected chi connectivity index (χ4v) is 9.72. The van der Waals surface area contributed by atoms with Gasteiger partial charge >= 0.3 is 0 Å². The molecule has 0 aliphatic carbocycles. The Morgan fingerprint density at radius 1 is 0.544 bits per heavy atom. The largest absolute Gasteiger partial charge is 0.321 e. The Kier molecular flexibility index (Phi) is 7.39. The first-order chi connectivity index (χ1) is 38.2. The van der Waals surface area contributed by atoms with E-state index in [0.29, 0.717) is 33.8 Å². The van der Waals surface area contributed by atoms with E-state index in [9.17, 15) is 9.60 Å². The van der Waals surface area contributed by atoms with Crippen LogP contribution in [-0.4, -0.2) is 16.2 Å².